The first-order valence-electron chi connectivity index (χ1n) is 6.56. The monoisotopic (exact) mass is 227 g/mol. The van der Waals surface area contributed by atoms with Gasteiger partial charge in [-0.15, -0.1) is 0 Å². The summed E-state index contributed by atoms with van der Waals surface area (Å²) in [6.45, 7) is 7.18. The van der Waals surface area contributed by atoms with Crippen molar-refractivity contribution in [1.29, 1.82) is 0 Å². The van der Waals surface area contributed by atoms with Crippen molar-refractivity contribution in [2.45, 2.75) is 44.8 Å². The van der Waals surface area contributed by atoms with Crippen molar-refractivity contribution in [3.05, 3.63) is 0 Å². The van der Waals surface area contributed by atoms with E-state index >= 15 is 0 Å². The van der Waals surface area contributed by atoms with Gasteiger partial charge in [0.2, 0.25) is 0 Å². The number of hydrogen-bond acceptors (Lipinski definition) is 3. The van der Waals surface area contributed by atoms with Crippen LogP contribution in [-0.2, 0) is 9.47 Å². The number of hydrogen-bond donors (Lipinski definition) is 1. The Morgan fingerprint density at radius 2 is 2.12 bits per heavy atom. The molecule has 3 atom stereocenters. The van der Waals surface area contributed by atoms with Gasteiger partial charge in [0.05, 0.1) is 12.2 Å². The maximum absolute atomic E-state index is 5.98. The molecule has 3 unspecified atom stereocenters. The molecule has 16 heavy (non-hydrogen) atoms. The van der Waals surface area contributed by atoms with Gasteiger partial charge in [0.1, 0.15) is 0 Å². The van der Waals surface area contributed by atoms with E-state index in [1.807, 2.05) is 0 Å². The molecule has 3 heteroatoms. The lowest BCUT2D eigenvalue weighted by Gasteiger charge is -2.41. The molecule has 3 nitrogen and oxygen atoms in total. The van der Waals surface area contributed by atoms with Gasteiger partial charge in [-0.25, -0.2) is 0 Å². The highest BCUT2D eigenvalue weighted by Gasteiger charge is 2.43. The molecule has 0 aromatic heterocycles. The van der Waals surface area contributed by atoms with E-state index in [9.17, 15) is 0 Å². The normalized spacial score (nSPS) is 37.1. The van der Waals surface area contributed by atoms with Gasteiger partial charge in [-0.05, 0) is 31.7 Å². The predicted octanol–water partition coefficient (Wildman–Crippen LogP) is 1.82. The lowest BCUT2D eigenvalue weighted by molar-refractivity contribution is -0.104. The topological polar surface area (TPSA) is 30.5 Å². The summed E-state index contributed by atoms with van der Waals surface area (Å²) in [6.07, 6.45) is 3.43. The first-order chi connectivity index (χ1) is 7.67. The first-order valence-corrected chi connectivity index (χ1v) is 6.56. The lowest BCUT2D eigenvalue weighted by Crippen LogP contribution is -2.48. The molecule has 0 bridgehead atoms. The standard InChI is InChI=1S/C13H25NO2/c1-10(2)12(14-3)11-4-6-16-13(8-11)5-7-15-9-13/h10-12,14H,4-9H2,1-3H3. The molecule has 0 saturated carbocycles. The van der Waals surface area contributed by atoms with Crippen molar-refractivity contribution >= 4 is 0 Å². The minimum atomic E-state index is 0.0485. The molecular formula is C13H25NO2. The van der Waals surface area contributed by atoms with Crippen molar-refractivity contribution in [3.63, 3.8) is 0 Å². The molecule has 2 fully saturated rings. The van der Waals surface area contributed by atoms with Crippen LogP contribution in [0.1, 0.15) is 33.1 Å². The quantitative estimate of drug-likeness (QED) is 0.797. The smallest absolute Gasteiger partial charge is 0.0939 e. The lowest BCUT2D eigenvalue weighted by atomic mass is 9.78. The second-order valence-corrected chi connectivity index (χ2v) is 5.65. The van der Waals surface area contributed by atoms with E-state index in [1.165, 1.54) is 6.42 Å². The summed E-state index contributed by atoms with van der Waals surface area (Å²) in [5.74, 6) is 1.42. The zero-order chi connectivity index (χ0) is 11.6. The molecule has 2 heterocycles. The van der Waals surface area contributed by atoms with Crippen molar-refractivity contribution in [2.75, 3.05) is 26.9 Å². The summed E-state index contributed by atoms with van der Waals surface area (Å²) in [7, 11) is 2.08. The van der Waals surface area contributed by atoms with Crippen LogP contribution in [0.15, 0.2) is 0 Å². The molecule has 1 spiro atoms. The Bertz CT molecular complexity index is 224. The molecule has 2 aliphatic rings. The van der Waals surface area contributed by atoms with Crippen LogP contribution in [0.4, 0.5) is 0 Å². The van der Waals surface area contributed by atoms with Crippen LogP contribution in [-0.4, -0.2) is 38.5 Å². The average molecular weight is 227 g/mol. The van der Waals surface area contributed by atoms with E-state index < -0.39 is 0 Å². The van der Waals surface area contributed by atoms with E-state index in [0.29, 0.717) is 12.0 Å². The fraction of sp³-hybridized carbons (Fsp3) is 1.00. The maximum atomic E-state index is 5.98. The fourth-order valence-corrected chi connectivity index (χ4v) is 3.35. The third kappa shape index (κ3) is 2.41. The zero-order valence-corrected chi connectivity index (χ0v) is 10.8. The van der Waals surface area contributed by atoms with E-state index in [1.54, 1.807) is 0 Å². The van der Waals surface area contributed by atoms with Crippen LogP contribution in [0.25, 0.3) is 0 Å². The van der Waals surface area contributed by atoms with E-state index in [2.05, 4.69) is 26.2 Å². The summed E-state index contributed by atoms with van der Waals surface area (Å²) in [5.41, 5.74) is 0.0485. The molecule has 0 amide bonds. The molecule has 94 valence electrons. The van der Waals surface area contributed by atoms with E-state index in [-0.39, 0.29) is 5.60 Å². The molecule has 2 saturated heterocycles. The predicted molar refractivity (Wildman–Crippen MR) is 64.5 cm³/mol. The fourth-order valence-electron chi connectivity index (χ4n) is 3.35. The summed E-state index contributed by atoms with van der Waals surface area (Å²) >= 11 is 0. The summed E-state index contributed by atoms with van der Waals surface area (Å²) in [4.78, 5) is 0. The van der Waals surface area contributed by atoms with Crippen LogP contribution in [0.5, 0.6) is 0 Å². The molecule has 0 radical (unpaired) electrons. The van der Waals surface area contributed by atoms with Crippen LogP contribution in [0.3, 0.4) is 0 Å². The largest absolute Gasteiger partial charge is 0.378 e. The highest BCUT2D eigenvalue weighted by molar-refractivity contribution is 4.94. The average Bonchev–Trinajstić information content (AvgIpc) is 2.67. The third-order valence-electron chi connectivity index (χ3n) is 4.16. The van der Waals surface area contributed by atoms with Gasteiger partial charge < -0.3 is 14.8 Å². The molecule has 1 N–H and O–H groups in total. The van der Waals surface area contributed by atoms with Crippen LogP contribution in [0.2, 0.25) is 0 Å². The minimum Gasteiger partial charge on any atom is -0.378 e. The summed E-state index contributed by atoms with van der Waals surface area (Å²) < 4.78 is 11.5. The molecule has 2 aliphatic heterocycles. The van der Waals surface area contributed by atoms with Crippen molar-refractivity contribution in [1.82, 2.24) is 5.32 Å². The zero-order valence-electron chi connectivity index (χ0n) is 10.8. The number of nitrogens with one attached hydrogen (secondary N) is 1. The minimum absolute atomic E-state index is 0.0485. The Labute approximate surface area is 98.9 Å². The Kier molecular flexibility index (Phi) is 3.88. The highest BCUT2D eigenvalue weighted by Crippen LogP contribution is 2.38. The second kappa shape index (κ2) is 5.03. The number of rotatable bonds is 3. The molecule has 2 rings (SSSR count). The summed E-state index contributed by atoms with van der Waals surface area (Å²) in [6, 6.07) is 0.612. The first kappa shape index (κ1) is 12.3. The Balaban J connectivity index is 2.00. The van der Waals surface area contributed by atoms with Crippen LogP contribution < -0.4 is 5.32 Å². The van der Waals surface area contributed by atoms with Gasteiger partial charge in [-0.3, -0.25) is 0 Å². The van der Waals surface area contributed by atoms with E-state index in [0.717, 1.165) is 38.6 Å². The van der Waals surface area contributed by atoms with Gasteiger partial charge >= 0.3 is 0 Å². The maximum Gasteiger partial charge on any atom is 0.0939 e. The molecular weight excluding hydrogens is 202 g/mol. The molecule has 0 aromatic carbocycles. The van der Waals surface area contributed by atoms with E-state index in [4.69, 9.17) is 9.47 Å². The Morgan fingerprint density at radius 3 is 2.69 bits per heavy atom. The molecule has 0 aliphatic carbocycles. The van der Waals surface area contributed by atoms with Crippen LogP contribution >= 0.6 is 0 Å². The van der Waals surface area contributed by atoms with Gasteiger partial charge in [-0.2, -0.15) is 0 Å². The Hall–Kier alpha value is -0.120. The third-order valence-corrected chi connectivity index (χ3v) is 4.16. The van der Waals surface area contributed by atoms with Gasteiger partial charge in [-0.1, -0.05) is 13.8 Å². The van der Waals surface area contributed by atoms with Gasteiger partial charge in [0.15, 0.2) is 0 Å². The second-order valence-electron chi connectivity index (χ2n) is 5.65. The highest BCUT2D eigenvalue weighted by atomic mass is 16.6. The van der Waals surface area contributed by atoms with Crippen molar-refractivity contribution < 1.29 is 9.47 Å². The van der Waals surface area contributed by atoms with Crippen molar-refractivity contribution in [3.8, 4) is 0 Å². The Morgan fingerprint density at radius 1 is 1.31 bits per heavy atom. The SMILES string of the molecule is CNC(C(C)C)C1CCOC2(CCOC2)C1. The van der Waals surface area contributed by atoms with Crippen molar-refractivity contribution in [2.24, 2.45) is 11.8 Å². The van der Waals surface area contributed by atoms with Gasteiger partial charge in [0.25, 0.3) is 0 Å². The molecule has 0 aromatic rings. The van der Waals surface area contributed by atoms with Gasteiger partial charge in [0, 0.05) is 25.7 Å². The summed E-state index contributed by atoms with van der Waals surface area (Å²) in [5, 5.41) is 3.48. The van der Waals surface area contributed by atoms with Crippen LogP contribution in [0, 0.1) is 11.8 Å². The number of ether oxygens (including phenoxy) is 2.